The largest absolute Gasteiger partial charge is 0.347 e. The predicted molar refractivity (Wildman–Crippen MR) is 92.9 cm³/mol. The van der Waals surface area contributed by atoms with Crippen LogP contribution < -0.4 is 10.2 Å². The Balaban J connectivity index is 1.51. The fourth-order valence-electron chi connectivity index (χ4n) is 3.19. The van der Waals surface area contributed by atoms with Gasteiger partial charge in [-0.25, -0.2) is 4.98 Å². The molecule has 2 amide bonds. The van der Waals surface area contributed by atoms with Crippen molar-refractivity contribution < 1.29 is 24.0 Å². The summed E-state index contributed by atoms with van der Waals surface area (Å²) in [4.78, 5) is 31.9. The van der Waals surface area contributed by atoms with E-state index in [0.717, 1.165) is 25.9 Å². The van der Waals surface area contributed by atoms with Crippen LogP contribution in [0.25, 0.3) is 0 Å². The molecule has 138 valence electrons. The molecule has 2 saturated heterocycles. The highest BCUT2D eigenvalue weighted by Crippen LogP contribution is 2.27. The first kappa shape index (κ1) is 18.2. The Morgan fingerprint density at radius 2 is 1.92 bits per heavy atom. The van der Waals surface area contributed by atoms with Gasteiger partial charge in [-0.1, -0.05) is 11.3 Å². The number of rotatable bonds is 4. The number of aryl methyl sites for hydroxylation is 1. The van der Waals surface area contributed by atoms with E-state index in [1.54, 1.807) is 21.0 Å². The van der Waals surface area contributed by atoms with Crippen molar-refractivity contribution in [3.8, 4) is 0 Å². The first-order valence-corrected chi connectivity index (χ1v) is 9.31. The number of amides is 2. The Bertz CT molecular complexity index is 645. The smallest absolute Gasteiger partial charge is 0.281 e. The van der Waals surface area contributed by atoms with Crippen molar-refractivity contribution in [2.75, 3.05) is 52.3 Å². The highest BCUT2D eigenvalue weighted by Gasteiger charge is 2.42. The summed E-state index contributed by atoms with van der Waals surface area (Å²) in [5, 5.41) is 3.29. The molecule has 0 radical (unpaired) electrons. The second-order valence-electron chi connectivity index (χ2n) is 6.72. The van der Waals surface area contributed by atoms with Gasteiger partial charge in [-0.15, -0.1) is 0 Å². The first-order valence-electron chi connectivity index (χ1n) is 8.49. The van der Waals surface area contributed by atoms with Crippen molar-refractivity contribution in [1.82, 2.24) is 9.88 Å². The number of likely N-dealkylation sites (tertiary alicyclic amines) is 1. The number of nitrogens with one attached hydrogen (secondary N) is 2. The molecule has 0 atom stereocenters. The quantitative estimate of drug-likeness (QED) is 0.748. The van der Waals surface area contributed by atoms with E-state index >= 15 is 0 Å². The van der Waals surface area contributed by atoms with Crippen LogP contribution in [0.2, 0.25) is 0 Å². The van der Waals surface area contributed by atoms with Crippen LogP contribution in [0.1, 0.15) is 28.2 Å². The van der Waals surface area contributed by atoms with Crippen molar-refractivity contribution in [3.63, 3.8) is 0 Å². The number of hydrogen-bond acceptors (Lipinski definition) is 6. The number of carbonyl (C=O) groups is 2. The molecule has 0 aliphatic carbocycles. The zero-order valence-corrected chi connectivity index (χ0v) is 15.7. The van der Waals surface area contributed by atoms with Crippen molar-refractivity contribution in [2.24, 2.45) is 0 Å². The van der Waals surface area contributed by atoms with Gasteiger partial charge >= 0.3 is 0 Å². The fourth-order valence-corrected chi connectivity index (χ4v) is 4.19. The highest BCUT2D eigenvalue weighted by atomic mass is 32.1. The zero-order valence-electron chi connectivity index (χ0n) is 14.9. The van der Waals surface area contributed by atoms with Gasteiger partial charge < -0.3 is 19.3 Å². The van der Waals surface area contributed by atoms with E-state index in [9.17, 15) is 9.59 Å². The second-order valence-corrected chi connectivity index (χ2v) is 7.71. The molecule has 1 spiro atoms. The number of hydrogen-bond donors (Lipinski definition) is 2. The maximum atomic E-state index is 12.3. The average molecular weight is 369 g/mol. The van der Waals surface area contributed by atoms with Crippen LogP contribution in [0.3, 0.4) is 0 Å². The van der Waals surface area contributed by atoms with E-state index in [0.29, 0.717) is 35.5 Å². The van der Waals surface area contributed by atoms with Crippen LogP contribution in [-0.2, 0) is 14.3 Å². The average Bonchev–Trinajstić information content (AvgIpc) is 3.16. The van der Waals surface area contributed by atoms with Crippen molar-refractivity contribution in [1.29, 1.82) is 0 Å². The first-order chi connectivity index (χ1) is 11.9. The molecule has 2 aliphatic rings. The van der Waals surface area contributed by atoms with Crippen LogP contribution >= 0.6 is 11.3 Å². The Morgan fingerprint density at radius 3 is 2.52 bits per heavy atom. The lowest BCUT2D eigenvalue weighted by Gasteiger charge is -2.34. The summed E-state index contributed by atoms with van der Waals surface area (Å²) >= 11 is 1.22. The Morgan fingerprint density at radius 1 is 1.28 bits per heavy atom. The molecule has 0 saturated carbocycles. The molecule has 1 aromatic rings. The van der Waals surface area contributed by atoms with E-state index in [2.05, 4.69) is 10.3 Å². The van der Waals surface area contributed by atoms with Gasteiger partial charge in [0, 0.05) is 14.1 Å². The third kappa shape index (κ3) is 4.17. The molecular weight excluding hydrogens is 344 g/mol. The van der Waals surface area contributed by atoms with Crippen LogP contribution in [-0.4, -0.2) is 74.4 Å². The molecule has 3 heterocycles. The SMILES string of the molecule is Cc1nc(NC(=O)C[NH+]2CCC3(CC2)OCCO3)sc1C(=O)N(C)C. The van der Waals surface area contributed by atoms with E-state index < -0.39 is 5.79 Å². The molecule has 25 heavy (non-hydrogen) atoms. The summed E-state index contributed by atoms with van der Waals surface area (Å²) in [5.74, 6) is -0.593. The summed E-state index contributed by atoms with van der Waals surface area (Å²) in [6, 6.07) is 0. The molecule has 8 nitrogen and oxygen atoms in total. The number of thiazole rings is 1. The van der Waals surface area contributed by atoms with Gasteiger partial charge in [0.25, 0.3) is 11.8 Å². The maximum absolute atomic E-state index is 12.3. The van der Waals surface area contributed by atoms with Gasteiger partial charge in [0.1, 0.15) is 4.88 Å². The number of nitrogens with zero attached hydrogens (tertiary/aromatic N) is 2. The molecule has 3 rings (SSSR count). The summed E-state index contributed by atoms with van der Waals surface area (Å²) in [6.45, 7) is 5.16. The minimum atomic E-state index is -0.409. The van der Waals surface area contributed by atoms with Crippen molar-refractivity contribution >= 4 is 28.3 Å². The highest BCUT2D eigenvalue weighted by molar-refractivity contribution is 7.17. The Kier molecular flexibility index (Phi) is 5.38. The van der Waals surface area contributed by atoms with E-state index in [1.165, 1.54) is 21.1 Å². The van der Waals surface area contributed by atoms with Crippen LogP contribution in [0.15, 0.2) is 0 Å². The number of anilines is 1. The number of aromatic nitrogens is 1. The molecule has 9 heteroatoms. The van der Waals surface area contributed by atoms with Gasteiger partial charge in [-0.3, -0.25) is 14.9 Å². The maximum Gasteiger partial charge on any atom is 0.281 e. The third-order valence-electron chi connectivity index (χ3n) is 4.59. The van der Waals surface area contributed by atoms with Gasteiger partial charge in [0.2, 0.25) is 0 Å². The standard InChI is InChI=1S/C16H24N4O4S/c1-11-13(14(22)19(2)3)25-15(17-11)18-12(21)10-20-6-4-16(5-7-20)23-8-9-24-16/h4-10H2,1-3H3,(H,17,18,21)/p+1. The monoisotopic (exact) mass is 369 g/mol. The second kappa shape index (κ2) is 7.36. The predicted octanol–water partition coefficient (Wildman–Crippen LogP) is -0.486. The molecule has 0 bridgehead atoms. The normalized spacial score (nSPS) is 20.0. The molecule has 2 fully saturated rings. The summed E-state index contributed by atoms with van der Waals surface area (Å²) in [7, 11) is 3.40. The molecule has 2 N–H and O–H groups in total. The minimum absolute atomic E-state index is 0.0863. The number of ether oxygens (including phenoxy) is 2. The van der Waals surface area contributed by atoms with Gasteiger partial charge in [-0.05, 0) is 6.92 Å². The zero-order chi connectivity index (χ0) is 18.0. The summed E-state index contributed by atoms with van der Waals surface area (Å²) in [5.41, 5.74) is 0.641. The Labute approximate surface area is 151 Å². The number of piperidine rings is 1. The van der Waals surface area contributed by atoms with Gasteiger partial charge in [0.05, 0.1) is 44.8 Å². The summed E-state index contributed by atoms with van der Waals surface area (Å²) in [6.07, 6.45) is 1.63. The fraction of sp³-hybridized carbons (Fsp3) is 0.688. The lowest BCUT2D eigenvalue weighted by Crippen LogP contribution is -3.14. The third-order valence-corrected chi connectivity index (χ3v) is 5.65. The van der Waals surface area contributed by atoms with Gasteiger partial charge in [-0.2, -0.15) is 0 Å². The summed E-state index contributed by atoms with van der Waals surface area (Å²) < 4.78 is 11.4. The van der Waals surface area contributed by atoms with Crippen LogP contribution in [0, 0.1) is 6.92 Å². The molecule has 0 unspecified atom stereocenters. The van der Waals surface area contributed by atoms with E-state index in [1.807, 2.05) is 0 Å². The van der Waals surface area contributed by atoms with Crippen LogP contribution in [0.4, 0.5) is 5.13 Å². The molecule has 2 aliphatic heterocycles. The minimum Gasteiger partial charge on any atom is -0.347 e. The topological polar surface area (TPSA) is 85.2 Å². The molecule has 1 aromatic heterocycles. The number of carbonyl (C=O) groups excluding carboxylic acids is 2. The lowest BCUT2D eigenvalue weighted by molar-refractivity contribution is -0.900. The number of quaternary nitrogens is 1. The van der Waals surface area contributed by atoms with Gasteiger partial charge in [0.15, 0.2) is 17.5 Å². The van der Waals surface area contributed by atoms with E-state index in [-0.39, 0.29) is 11.8 Å². The lowest BCUT2D eigenvalue weighted by atomic mass is 10.0. The van der Waals surface area contributed by atoms with E-state index in [4.69, 9.17) is 9.47 Å². The van der Waals surface area contributed by atoms with Crippen molar-refractivity contribution in [2.45, 2.75) is 25.6 Å². The Hall–Kier alpha value is -1.55. The molecule has 0 aromatic carbocycles. The molecular formula is C16H25N4O4S+. The van der Waals surface area contributed by atoms with Crippen molar-refractivity contribution in [3.05, 3.63) is 10.6 Å². The van der Waals surface area contributed by atoms with Crippen LogP contribution in [0.5, 0.6) is 0 Å².